The van der Waals surface area contributed by atoms with E-state index in [0.29, 0.717) is 25.7 Å². The van der Waals surface area contributed by atoms with E-state index in [-0.39, 0.29) is 29.4 Å². The van der Waals surface area contributed by atoms with Crippen molar-refractivity contribution in [3.05, 3.63) is 53.6 Å². The molecule has 1 atom stereocenters. The lowest BCUT2D eigenvalue weighted by Crippen LogP contribution is -2.33. The normalized spacial score (nSPS) is 21.1. The summed E-state index contributed by atoms with van der Waals surface area (Å²) in [5.41, 5.74) is 9.91. The van der Waals surface area contributed by atoms with Gasteiger partial charge in [-0.25, -0.2) is 0 Å². The number of benzene rings is 2. The Kier molecular flexibility index (Phi) is 6.69. The molecule has 2 aromatic carbocycles. The molecule has 0 aromatic heterocycles. The molecule has 0 saturated carbocycles. The van der Waals surface area contributed by atoms with Crippen LogP contribution in [0.25, 0.3) is 0 Å². The van der Waals surface area contributed by atoms with Crippen LogP contribution in [-0.2, 0) is 11.8 Å². The maximum atomic E-state index is 6.18. The van der Waals surface area contributed by atoms with Crippen LogP contribution < -0.4 is 20.5 Å². The number of rotatable bonds is 3. The molecule has 28 heavy (non-hydrogen) atoms. The third kappa shape index (κ3) is 4.54. The summed E-state index contributed by atoms with van der Waals surface area (Å²) in [5, 5.41) is 3.19. The molecule has 0 bridgehead atoms. The van der Waals surface area contributed by atoms with Crippen molar-refractivity contribution >= 4 is 35.6 Å². The van der Waals surface area contributed by atoms with Gasteiger partial charge in [-0.3, -0.25) is 4.99 Å². The molecule has 1 aliphatic carbocycles. The predicted molar refractivity (Wildman–Crippen MR) is 124 cm³/mol. The Morgan fingerprint density at radius 1 is 1.11 bits per heavy atom. The minimum atomic E-state index is 0. The van der Waals surface area contributed by atoms with E-state index in [1.807, 2.05) is 18.2 Å². The zero-order valence-corrected chi connectivity index (χ0v) is 18.6. The monoisotopic (exact) mass is 493 g/mol. The molecule has 0 fully saturated rings. The maximum absolute atomic E-state index is 6.18. The fraction of sp³-hybridized carbons (Fsp3) is 0.409. The largest absolute Gasteiger partial charge is 0.490 e. The molecule has 1 unspecified atom stereocenters. The van der Waals surface area contributed by atoms with Gasteiger partial charge in [-0.2, -0.15) is 0 Å². The standard InChI is InChI=1S/C22H27N3O2.HI/c1-22(11-4-7-16-6-2-3-8-18(16)22)15-24-21(23)25-17-9-10-19-20(14-17)27-13-5-12-26-19;/h2-3,6,8-10,14H,4-5,7,11-13,15H2,1H3,(H3,23,24,25);1H. The number of halogens is 1. The van der Waals surface area contributed by atoms with Crippen molar-refractivity contribution in [2.75, 3.05) is 25.1 Å². The number of guanidine groups is 1. The minimum Gasteiger partial charge on any atom is -0.490 e. The maximum Gasteiger partial charge on any atom is 0.193 e. The molecule has 6 heteroatoms. The van der Waals surface area contributed by atoms with E-state index in [0.717, 1.165) is 36.4 Å². The highest BCUT2D eigenvalue weighted by atomic mass is 127. The first-order valence-electron chi connectivity index (χ1n) is 9.69. The molecular formula is C22H28IN3O2. The molecule has 0 spiro atoms. The summed E-state index contributed by atoms with van der Waals surface area (Å²) in [4.78, 5) is 4.66. The summed E-state index contributed by atoms with van der Waals surface area (Å²) >= 11 is 0. The fourth-order valence-corrected chi connectivity index (χ4v) is 3.98. The summed E-state index contributed by atoms with van der Waals surface area (Å²) in [6, 6.07) is 14.5. The van der Waals surface area contributed by atoms with Crippen molar-refractivity contribution in [1.29, 1.82) is 0 Å². The van der Waals surface area contributed by atoms with Gasteiger partial charge < -0.3 is 20.5 Å². The van der Waals surface area contributed by atoms with E-state index in [1.165, 1.54) is 17.5 Å². The summed E-state index contributed by atoms with van der Waals surface area (Å²) in [7, 11) is 0. The second-order valence-corrected chi connectivity index (χ2v) is 7.61. The lowest BCUT2D eigenvalue weighted by Gasteiger charge is -2.34. The van der Waals surface area contributed by atoms with Crippen LogP contribution in [0, 0.1) is 0 Å². The van der Waals surface area contributed by atoms with Gasteiger partial charge in [-0.15, -0.1) is 24.0 Å². The van der Waals surface area contributed by atoms with Gasteiger partial charge in [0.2, 0.25) is 0 Å². The SMILES string of the molecule is CC1(CN=C(N)Nc2ccc3c(c2)OCCCO3)CCCc2ccccc21.I. The van der Waals surface area contributed by atoms with Crippen LogP contribution >= 0.6 is 24.0 Å². The van der Waals surface area contributed by atoms with Crippen molar-refractivity contribution in [2.45, 2.75) is 38.0 Å². The first-order valence-corrected chi connectivity index (χ1v) is 9.69. The van der Waals surface area contributed by atoms with Gasteiger partial charge in [-0.05, 0) is 42.5 Å². The van der Waals surface area contributed by atoms with Crippen molar-refractivity contribution in [3.8, 4) is 11.5 Å². The molecule has 4 rings (SSSR count). The van der Waals surface area contributed by atoms with E-state index in [2.05, 4.69) is 41.5 Å². The lowest BCUT2D eigenvalue weighted by atomic mass is 9.71. The highest BCUT2D eigenvalue weighted by Crippen LogP contribution is 2.37. The van der Waals surface area contributed by atoms with Crippen molar-refractivity contribution in [3.63, 3.8) is 0 Å². The summed E-state index contributed by atoms with van der Waals surface area (Å²) in [5.74, 6) is 1.95. The highest BCUT2D eigenvalue weighted by molar-refractivity contribution is 14.0. The van der Waals surface area contributed by atoms with Crippen LogP contribution in [0.5, 0.6) is 11.5 Å². The Hall–Kier alpha value is -1.96. The highest BCUT2D eigenvalue weighted by Gasteiger charge is 2.31. The van der Waals surface area contributed by atoms with Crippen LogP contribution in [0.1, 0.15) is 37.3 Å². The summed E-state index contributed by atoms with van der Waals surface area (Å²) in [6.45, 7) is 4.31. The van der Waals surface area contributed by atoms with Crippen molar-refractivity contribution < 1.29 is 9.47 Å². The van der Waals surface area contributed by atoms with E-state index in [1.54, 1.807) is 0 Å². The van der Waals surface area contributed by atoms with E-state index in [4.69, 9.17) is 15.2 Å². The smallest absolute Gasteiger partial charge is 0.193 e. The molecule has 150 valence electrons. The second-order valence-electron chi connectivity index (χ2n) is 7.61. The predicted octanol–water partition coefficient (Wildman–Crippen LogP) is 4.49. The van der Waals surface area contributed by atoms with Gasteiger partial charge >= 0.3 is 0 Å². The van der Waals surface area contributed by atoms with Crippen LogP contribution in [0.4, 0.5) is 5.69 Å². The number of anilines is 1. The number of aliphatic imine (C=N–C) groups is 1. The first-order chi connectivity index (χ1) is 13.1. The molecule has 5 nitrogen and oxygen atoms in total. The lowest BCUT2D eigenvalue weighted by molar-refractivity contribution is 0.297. The van der Waals surface area contributed by atoms with Crippen LogP contribution in [0.3, 0.4) is 0 Å². The average molecular weight is 493 g/mol. The van der Waals surface area contributed by atoms with Gasteiger partial charge in [0.05, 0.1) is 19.8 Å². The third-order valence-electron chi connectivity index (χ3n) is 5.46. The fourth-order valence-electron chi connectivity index (χ4n) is 3.98. The van der Waals surface area contributed by atoms with Gasteiger partial charge in [0.25, 0.3) is 0 Å². The zero-order valence-electron chi connectivity index (χ0n) is 16.2. The van der Waals surface area contributed by atoms with Crippen molar-refractivity contribution in [2.24, 2.45) is 10.7 Å². The number of ether oxygens (including phenoxy) is 2. The molecule has 1 aliphatic heterocycles. The van der Waals surface area contributed by atoms with Crippen LogP contribution in [0.2, 0.25) is 0 Å². The molecule has 0 amide bonds. The van der Waals surface area contributed by atoms with E-state index < -0.39 is 0 Å². The Morgan fingerprint density at radius 3 is 2.75 bits per heavy atom. The number of nitrogens with two attached hydrogens (primary N) is 1. The first kappa shape index (κ1) is 20.8. The van der Waals surface area contributed by atoms with Gasteiger partial charge in [0, 0.05) is 23.6 Å². The molecule has 0 radical (unpaired) electrons. The molecule has 2 aliphatic rings. The number of aryl methyl sites for hydroxylation is 1. The molecule has 2 aromatic rings. The van der Waals surface area contributed by atoms with Gasteiger partial charge in [-0.1, -0.05) is 31.2 Å². The third-order valence-corrected chi connectivity index (χ3v) is 5.46. The molecule has 1 heterocycles. The molecular weight excluding hydrogens is 465 g/mol. The van der Waals surface area contributed by atoms with Gasteiger partial charge in [0.15, 0.2) is 17.5 Å². The van der Waals surface area contributed by atoms with Gasteiger partial charge in [0.1, 0.15) is 0 Å². The molecule has 3 N–H and O–H groups in total. The Balaban J connectivity index is 0.00000225. The summed E-state index contributed by atoms with van der Waals surface area (Å²) in [6.07, 6.45) is 4.37. The number of hydrogen-bond donors (Lipinski definition) is 2. The number of hydrogen-bond acceptors (Lipinski definition) is 3. The quantitative estimate of drug-likeness (QED) is 0.376. The summed E-state index contributed by atoms with van der Waals surface area (Å²) < 4.78 is 11.4. The topological polar surface area (TPSA) is 68.9 Å². The second kappa shape index (κ2) is 9.03. The Bertz CT molecular complexity index is 855. The average Bonchev–Trinajstić information content (AvgIpc) is 2.92. The number of nitrogens with one attached hydrogen (secondary N) is 1. The molecule has 0 saturated heterocycles. The Morgan fingerprint density at radius 2 is 1.89 bits per heavy atom. The van der Waals surface area contributed by atoms with Crippen molar-refractivity contribution in [1.82, 2.24) is 0 Å². The van der Waals surface area contributed by atoms with Crippen LogP contribution in [0.15, 0.2) is 47.5 Å². The Labute approximate surface area is 183 Å². The zero-order chi connectivity index (χ0) is 18.7. The van der Waals surface area contributed by atoms with Crippen LogP contribution in [-0.4, -0.2) is 25.7 Å². The minimum absolute atomic E-state index is 0. The van der Waals surface area contributed by atoms with E-state index in [9.17, 15) is 0 Å². The number of nitrogens with zero attached hydrogens (tertiary/aromatic N) is 1. The number of fused-ring (bicyclic) bond motifs is 2. The van der Waals surface area contributed by atoms with E-state index >= 15 is 0 Å².